The summed E-state index contributed by atoms with van der Waals surface area (Å²) in [5, 5.41) is 13.1. The Labute approximate surface area is 106 Å². The molecule has 0 radical (unpaired) electrons. The molecule has 0 aliphatic heterocycles. The number of carbonyl (C=O) groups is 1. The number of rotatable bonds is 5. The van der Waals surface area contributed by atoms with Gasteiger partial charge in [0.2, 0.25) is 5.91 Å². The van der Waals surface area contributed by atoms with Crippen LogP contribution in [0.1, 0.15) is 18.9 Å². The topological polar surface area (TPSA) is 54.3 Å². The smallest absolute Gasteiger partial charge is 0.221 e. The van der Waals surface area contributed by atoms with Crippen molar-refractivity contribution in [1.82, 2.24) is 9.88 Å². The van der Waals surface area contributed by atoms with Crippen molar-refractivity contribution in [2.24, 2.45) is 0 Å². The number of aromatic nitrogens is 1. The predicted molar refractivity (Wildman–Crippen MR) is 71.2 cm³/mol. The molecular weight excluding hydrogens is 228 g/mol. The highest BCUT2D eigenvalue weighted by atomic mass is 16.3. The molecule has 1 heterocycles. The number of aliphatic hydroxyl groups is 1. The van der Waals surface area contributed by atoms with Crippen molar-refractivity contribution in [3.05, 3.63) is 36.0 Å². The number of carbonyl (C=O) groups excluding carboxylic acids is 1. The largest absolute Gasteiger partial charge is 0.392 e. The van der Waals surface area contributed by atoms with Crippen LogP contribution >= 0.6 is 0 Å². The van der Waals surface area contributed by atoms with E-state index in [4.69, 9.17) is 5.11 Å². The fourth-order valence-electron chi connectivity index (χ4n) is 2.03. The number of benzene rings is 1. The van der Waals surface area contributed by atoms with Crippen LogP contribution in [0, 0.1) is 0 Å². The predicted octanol–water partition coefficient (Wildman–Crippen LogP) is 1.66. The molecule has 0 saturated heterocycles. The first-order valence-electron chi connectivity index (χ1n) is 6.20. The summed E-state index contributed by atoms with van der Waals surface area (Å²) >= 11 is 0. The average molecular weight is 246 g/mol. The zero-order chi connectivity index (χ0) is 13.0. The molecule has 4 nitrogen and oxygen atoms in total. The number of nitrogens with zero attached hydrogens (tertiary/aromatic N) is 1. The molecule has 1 amide bonds. The maximum absolute atomic E-state index is 11.4. The number of hydrogen-bond donors (Lipinski definition) is 2. The molecule has 1 aromatic heterocycles. The molecule has 1 aromatic carbocycles. The van der Waals surface area contributed by atoms with Crippen molar-refractivity contribution < 1.29 is 9.90 Å². The van der Waals surface area contributed by atoms with Crippen LogP contribution in [-0.4, -0.2) is 22.1 Å². The van der Waals surface area contributed by atoms with E-state index in [1.54, 1.807) is 0 Å². The minimum absolute atomic E-state index is 0.0391. The minimum atomic E-state index is 0.0391. The fraction of sp³-hybridized carbons (Fsp3) is 0.357. The van der Waals surface area contributed by atoms with E-state index in [0.717, 1.165) is 16.5 Å². The number of aryl methyl sites for hydroxylation is 1. The molecule has 0 saturated carbocycles. The van der Waals surface area contributed by atoms with Gasteiger partial charge in [-0.25, -0.2) is 0 Å². The molecule has 0 atom stereocenters. The van der Waals surface area contributed by atoms with Gasteiger partial charge < -0.3 is 15.0 Å². The lowest BCUT2D eigenvalue weighted by Gasteiger charge is -2.06. The second-order valence-electron chi connectivity index (χ2n) is 4.26. The van der Waals surface area contributed by atoms with E-state index in [0.29, 0.717) is 19.5 Å². The zero-order valence-electron chi connectivity index (χ0n) is 10.5. The Hall–Kier alpha value is -1.81. The Kier molecular flexibility index (Phi) is 3.99. The van der Waals surface area contributed by atoms with Gasteiger partial charge in [-0.2, -0.15) is 0 Å². The molecule has 96 valence electrons. The van der Waals surface area contributed by atoms with Crippen LogP contribution in [-0.2, 0) is 17.9 Å². The fourth-order valence-corrected chi connectivity index (χ4v) is 2.03. The van der Waals surface area contributed by atoms with Gasteiger partial charge in [-0.3, -0.25) is 4.79 Å². The number of amides is 1. The summed E-state index contributed by atoms with van der Waals surface area (Å²) in [5.74, 6) is 0.0673. The van der Waals surface area contributed by atoms with E-state index in [1.807, 2.05) is 42.0 Å². The maximum Gasteiger partial charge on any atom is 0.221 e. The van der Waals surface area contributed by atoms with Crippen LogP contribution in [0.3, 0.4) is 0 Å². The first-order valence-corrected chi connectivity index (χ1v) is 6.20. The van der Waals surface area contributed by atoms with Gasteiger partial charge in [0, 0.05) is 31.2 Å². The third-order valence-corrected chi connectivity index (χ3v) is 2.97. The SMILES string of the molecule is CCNC(=O)CCn1ccc2ccc(CO)cc21. The number of aliphatic hydroxyl groups excluding tert-OH is 1. The summed E-state index contributed by atoms with van der Waals surface area (Å²) in [5.41, 5.74) is 1.95. The van der Waals surface area contributed by atoms with Gasteiger partial charge in [-0.1, -0.05) is 12.1 Å². The van der Waals surface area contributed by atoms with Crippen molar-refractivity contribution in [1.29, 1.82) is 0 Å². The molecule has 2 rings (SSSR count). The lowest BCUT2D eigenvalue weighted by molar-refractivity contribution is -0.121. The summed E-state index contributed by atoms with van der Waals surface area (Å²) in [7, 11) is 0. The number of nitrogens with one attached hydrogen (secondary N) is 1. The van der Waals surface area contributed by atoms with Crippen molar-refractivity contribution >= 4 is 16.8 Å². The monoisotopic (exact) mass is 246 g/mol. The van der Waals surface area contributed by atoms with Gasteiger partial charge in [0.1, 0.15) is 0 Å². The summed E-state index contributed by atoms with van der Waals surface area (Å²) in [6.45, 7) is 3.28. The van der Waals surface area contributed by atoms with Gasteiger partial charge in [-0.05, 0) is 30.0 Å². The quantitative estimate of drug-likeness (QED) is 0.843. The molecular formula is C14H18N2O2. The highest BCUT2D eigenvalue weighted by molar-refractivity contribution is 5.81. The Morgan fingerprint density at radius 2 is 2.22 bits per heavy atom. The van der Waals surface area contributed by atoms with E-state index in [1.165, 1.54) is 0 Å². The van der Waals surface area contributed by atoms with E-state index < -0.39 is 0 Å². The van der Waals surface area contributed by atoms with Gasteiger partial charge >= 0.3 is 0 Å². The lowest BCUT2D eigenvalue weighted by atomic mass is 10.2. The molecule has 2 aromatic rings. The molecule has 18 heavy (non-hydrogen) atoms. The Morgan fingerprint density at radius 1 is 1.39 bits per heavy atom. The maximum atomic E-state index is 11.4. The number of fused-ring (bicyclic) bond motifs is 1. The van der Waals surface area contributed by atoms with E-state index in [2.05, 4.69) is 5.32 Å². The summed E-state index contributed by atoms with van der Waals surface area (Å²) < 4.78 is 2.05. The Bertz CT molecular complexity index is 546. The van der Waals surface area contributed by atoms with Crippen LogP contribution < -0.4 is 5.32 Å². The van der Waals surface area contributed by atoms with Crippen LogP contribution in [0.15, 0.2) is 30.5 Å². The molecule has 0 unspecified atom stereocenters. The lowest BCUT2D eigenvalue weighted by Crippen LogP contribution is -2.23. The third kappa shape index (κ3) is 2.71. The van der Waals surface area contributed by atoms with Gasteiger partial charge in [0.05, 0.1) is 6.61 Å². The molecule has 4 heteroatoms. The van der Waals surface area contributed by atoms with Crippen LogP contribution in [0.5, 0.6) is 0 Å². The van der Waals surface area contributed by atoms with E-state index in [-0.39, 0.29) is 12.5 Å². The first kappa shape index (κ1) is 12.6. The van der Waals surface area contributed by atoms with E-state index in [9.17, 15) is 4.79 Å². The Morgan fingerprint density at radius 3 is 2.94 bits per heavy atom. The molecule has 0 fully saturated rings. The van der Waals surface area contributed by atoms with Crippen molar-refractivity contribution in [2.75, 3.05) is 6.54 Å². The third-order valence-electron chi connectivity index (χ3n) is 2.97. The summed E-state index contributed by atoms with van der Waals surface area (Å²) in [6, 6.07) is 7.89. The highest BCUT2D eigenvalue weighted by Crippen LogP contribution is 2.18. The van der Waals surface area contributed by atoms with Gasteiger partial charge in [0.25, 0.3) is 0 Å². The van der Waals surface area contributed by atoms with Crippen LogP contribution in [0.2, 0.25) is 0 Å². The zero-order valence-corrected chi connectivity index (χ0v) is 10.5. The summed E-state index contributed by atoms with van der Waals surface area (Å²) in [6.07, 6.45) is 2.45. The van der Waals surface area contributed by atoms with Crippen LogP contribution in [0.25, 0.3) is 10.9 Å². The van der Waals surface area contributed by atoms with Gasteiger partial charge in [0.15, 0.2) is 0 Å². The molecule has 0 spiro atoms. The number of hydrogen-bond acceptors (Lipinski definition) is 2. The minimum Gasteiger partial charge on any atom is -0.392 e. The van der Waals surface area contributed by atoms with Crippen molar-refractivity contribution in [3.8, 4) is 0 Å². The highest BCUT2D eigenvalue weighted by Gasteiger charge is 2.04. The van der Waals surface area contributed by atoms with Crippen molar-refractivity contribution in [3.63, 3.8) is 0 Å². The standard InChI is InChI=1S/C14H18N2O2/c1-2-15-14(18)6-8-16-7-5-12-4-3-11(10-17)9-13(12)16/h3-5,7,9,17H,2,6,8,10H2,1H3,(H,15,18). The molecule has 0 bridgehead atoms. The van der Waals surface area contributed by atoms with E-state index >= 15 is 0 Å². The first-order chi connectivity index (χ1) is 8.74. The van der Waals surface area contributed by atoms with Crippen LogP contribution in [0.4, 0.5) is 0 Å². The molecule has 0 aliphatic carbocycles. The average Bonchev–Trinajstić information content (AvgIpc) is 2.79. The van der Waals surface area contributed by atoms with Gasteiger partial charge in [-0.15, -0.1) is 0 Å². The molecule has 2 N–H and O–H groups in total. The summed E-state index contributed by atoms with van der Waals surface area (Å²) in [4.78, 5) is 11.4. The normalized spacial score (nSPS) is 10.8. The Balaban J connectivity index is 2.15. The second kappa shape index (κ2) is 5.69. The van der Waals surface area contributed by atoms with Crippen molar-refractivity contribution in [2.45, 2.75) is 26.5 Å². The molecule has 0 aliphatic rings. The second-order valence-corrected chi connectivity index (χ2v) is 4.26.